The van der Waals surface area contributed by atoms with Crippen LogP contribution in [-0.4, -0.2) is 15.5 Å². The van der Waals surface area contributed by atoms with E-state index in [-0.39, 0.29) is 4.90 Å². The Balaban J connectivity index is 1.50. The highest BCUT2D eigenvalue weighted by atomic mass is 32.2. The molecule has 0 aliphatic carbocycles. The molecule has 1 atom stereocenters. The van der Waals surface area contributed by atoms with Crippen LogP contribution in [0.5, 0.6) is 5.75 Å². The molecule has 7 aromatic rings. The molecular formula is C42H35NO4S2. The number of sulfonamides is 1. The van der Waals surface area contributed by atoms with E-state index < -0.39 is 20.0 Å². The molecule has 0 spiro atoms. The minimum atomic E-state index is -3.98. The fraction of sp³-hybridized carbons (Fsp3) is 0.0952. The zero-order chi connectivity index (χ0) is 33.8. The summed E-state index contributed by atoms with van der Waals surface area (Å²) in [5, 5.41) is 0.187. The summed E-state index contributed by atoms with van der Waals surface area (Å²) < 4.78 is 42.6. The Labute approximate surface area is 291 Å². The summed E-state index contributed by atoms with van der Waals surface area (Å²) in [5.41, 5.74) is 6.13. The highest BCUT2D eigenvalue weighted by molar-refractivity contribution is 8.01. The first-order valence-corrected chi connectivity index (χ1v) is 18.3. The highest BCUT2D eigenvalue weighted by Gasteiger charge is 2.42. The van der Waals surface area contributed by atoms with Crippen molar-refractivity contribution >= 4 is 38.4 Å². The predicted molar refractivity (Wildman–Crippen MR) is 200 cm³/mol. The maximum Gasteiger partial charge on any atom is 0.262 e. The number of nitrogens with one attached hydrogen (secondary N) is 1. The number of hydrogen-bond donors (Lipinski definition) is 1. The van der Waals surface area contributed by atoms with E-state index in [1.165, 1.54) is 0 Å². The van der Waals surface area contributed by atoms with Crippen molar-refractivity contribution in [3.05, 3.63) is 197 Å². The average Bonchev–Trinajstić information content (AvgIpc) is 3.50. The average molecular weight is 682 g/mol. The number of ether oxygens (including phenoxy) is 1. The monoisotopic (exact) mass is 681 g/mol. The highest BCUT2D eigenvalue weighted by Crippen LogP contribution is 2.57. The van der Waals surface area contributed by atoms with Gasteiger partial charge in [-0.15, -0.1) is 11.8 Å². The van der Waals surface area contributed by atoms with Crippen molar-refractivity contribution in [3.63, 3.8) is 0 Å². The van der Waals surface area contributed by atoms with Gasteiger partial charge >= 0.3 is 0 Å². The van der Waals surface area contributed by atoms with Crippen LogP contribution in [-0.2, 0) is 14.8 Å². The van der Waals surface area contributed by atoms with Crippen LogP contribution in [0.25, 0.3) is 11.0 Å². The first kappa shape index (κ1) is 32.3. The second-order valence-corrected chi connectivity index (χ2v) is 14.8. The molecule has 244 valence electrons. The lowest BCUT2D eigenvalue weighted by molar-refractivity contribution is 0.414. The second-order valence-electron chi connectivity index (χ2n) is 11.8. The molecule has 1 heterocycles. The normalized spacial score (nSPS) is 12.4. The molecule has 0 fully saturated rings. The first-order valence-electron chi connectivity index (χ1n) is 16.0. The van der Waals surface area contributed by atoms with Crippen molar-refractivity contribution in [1.29, 1.82) is 0 Å². The van der Waals surface area contributed by atoms with E-state index in [2.05, 4.69) is 77.5 Å². The Kier molecular flexibility index (Phi) is 9.04. The van der Waals surface area contributed by atoms with Gasteiger partial charge in [-0.25, -0.2) is 8.42 Å². The van der Waals surface area contributed by atoms with Crippen molar-refractivity contribution in [1.82, 2.24) is 0 Å². The molecule has 6 aromatic carbocycles. The molecule has 0 radical (unpaired) electrons. The van der Waals surface area contributed by atoms with Crippen LogP contribution in [0.2, 0.25) is 0 Å². The van der Waals surface area contributed by atoms with Crippen LogP contribution >= 0.6 is 11.8 Å². The van der Waals surface area contributed by atoms with Gasteiger partial charge in [0.2, 0.25) is 0 Å². The molecule has 5 nitrogen and oxygen atoms in total. The number of aryl methyl sites for hydroxylation is 1. The summed E-state index contributed by atoms with van der Waals surface area (Å²) in [6.07, 6.45) is 0. The fourth-order valence-corrected chi connectivity index (χ4v) is 9.04. The molecule has 7 heteroatoms. The number of hydrogen-bond acceptors (Lipinski definition) is 5. The van der Waals surface area contributed by atoms with Gasteiger partial charge in [-0.3, -0.25) is 4.72 Å². The first-order chi connectivity index (χ1) is 23.9. The largest absolute Gasteiger partial charge is 0.497 e. The third-order valence-corrected chi connectivity index (χ3v) is 11.8. The van der Waals surface area contributed by atoms with Crippen LogP contribution in [0.15, 0.2) is 173 Å². The van der Waals surface area contributed by atoms with Gasteiger partial charge < -0.3 is 9.15 Å². The van der Waals surface area contributed by atoms with Crippen LogP contribution < -0.4 is 9.46 Å². The number of fused-ring (bicyclic) bond motifs is 1. The number of furan rings is 1. The Bertz CT molecular complexity index is 2170. The van der Waals surface area contributed by atoms with Gasteiger partial charge in [0.25, 0.3) is 10.0 Å². The smallest absolute Gasteiger partial charge is 0.262 e. The van der Waals surface area contributed by atoms with E-state index in [0.29, 0.717) is 22.4 Å². The Hall–Kier alpha value is -5.24. The lowest BCUT2D eigenvalue weighted by Gasteiger charge is -2.38. The maximum atomic E-state index is 14.0. The standard InChI is InChI=1S/C42H35NO4S2/c1-30-22-28-36(29-23-30)49(44,45)43-39-37-20-12-13-21-38(37)47-40(39)41(31-24-26-35(46-2)27-25-31)48-42(32-14-6-3-7-15-32,33-16-8-4-9-17-33)34-18-10-5-11-19-34/h3-29,41,43H,1-2H3/t41-/m1/s1. The maximum absolute atomic E-state index is 14.0. The molecule has 0 amide bonds. The lowest BCUT2D eigenvalue weighted by atomic mass is 9.84. The van der Waals surface area contributed by atoms with Crippen molar-refractivity contribution in [2.75, 3.05) is 11.8 Å². The minimum absolute atomic E-state index is 0.176. The zero-order valence-corrected chi connectivity index (χ0v) is 28.7. The third kappa shape index (κ3) is 6.35. The van der Waals surface area contributed by atoms with Gasteiger partial charge in [0.15, 0.2) is 0 Å². The molecule has 49 heavy (non-hydrogen) atoms. The van der Waals surface area contributed by atoms with Gasteiger partial charge in [-0.2, -0.15) is 0 Å². The SMILES string of the molecule is COc1ccc([C@@H](SC(c2ccccc2)(c2ccccc2)c2ccccc2)c2oc3ccccc3c2NS(=O)(=O)c2ccc(C)cc2)cc1. The summed E-state index contributed by atoms with van der Waals surface area (Å²) in [6, 6.07) is 53.6. The van der Waals surface area contributed by atoms with E-state index in [4.69, 9.17) is 9.15 Å². The number of methoxy groups -OCH3 is 1. The van der Waals surface area contributed by atoms with E-state index >= 15 is 0 Å². The van der Waals surface area contributed by atoms with Crippen molar-refractivity contribution in [2.24, 2.45) is 0 Å². The summed E-state index contributed by atoms with van der Waals surface area (Å²) in [4.78, 5) is 0.176. The zero-order valence-electron chi connectivity index (χ0n) is 27.1. The molecule has 0 aliphatic rings. The fourth-order valence-electron chi connectivity index (χ4n) is 6.22. The molecule has 1 aromatic heterocycles. The van der Waals surface area contributed by atoms with Gasteiger partial charge in [0, 0.05) is 5.39 Å². The summed E-state index contributed by atoms with van der Waals surface area (Å²) in [7, 11) is -2.34. The Morgan fingerprint density at radius 1 is 0.653 bits per heavy atom. The van der Waals surface area contributed by atoms with E-state index in [9.17, 15) is 8.42 Å². The third-order valence-electron chi connectivity index (χ3n) is 8.68. The molecule has 0 saturated carbocycles. The molecule has 0 unspecified atom stereocenters. The quantitative estimate of drug-likeness (QED) is 0.138. The van der Waals surface area contributed by atoms with E-state index in [1.54, 1.807) is 43.1 Å². The lowest BCUT2D eigenvalue weighted by Crippen LogP contribution is -2.27. The molecular weight excluding hydrogens is 647 g/mol. The van der Waals surface area contributed by atoms with Gasteiger partial charge in [0.1, 0.15) is 17.1 Å². The summed E-state index contributed by atoms with van der Waals surface area (Å²) in [6.45, 7) is 1.93. The van der Waals surface area contributed by atoms with Gasteiger partial charge in [-0.05, 0) is 65.6 Å². The predicted octanol–water partition coefficient (Wildman–Crippen LogP) is 10.4. The van der Waals surface area contributed by atoms with Crippen LogP contribution in [0.3, 0.4) is 0 Å². The molecule has 0 aliphatic heterocycles. The van der Waals surface area contributed by atoms with E-state index in [1.807, 2.05) is 73.7 Å². The molecule has 1 N–H and O–H groups in total. The van der Waals surface area contributed by atoms with E-state index in [0.717, 1.165) is 33.6 Å². The van der Waals surface area contributed by atoms with Gasteiger partial charge in [-0.1, -0.05) is 133 Å². The number of para-hydroxylation sites is 1. The number of thioether (sulfide) groups is 1. The summed E-state index contributed by atoms with van der Waals surface area (Å²) >= 11 is 1.70. The van der Waals surface area contributed by atoms with Crippen molar-refractivity contribution < 1.29 is 17.6 Å². The Morgan fingerprint density at radius 3 is 1.69 bits per heavy atom. The number of rotatable bonds is 11. The number of anilines is 1. The molecule has 0 saturated heterocycles. The minimum Gasteiger partial charge on any atom is -0.497 e. The second kappa shape index (κ2) is 13.7. The van der Waals surface area contributed by atoms with Crippen molar-refractivity contribution in [3.8, 4) is 5.75 Å². The molecule has 7 rings (SSSR count). The number of benzene rings is 6. The van der Waals surface area contributed by atoms with Gasteiger partial charge in [0.05, 0.1) is 27.7 Å². The molecule has 0 bridgehead atoms. The van der Waals surface area contributed by atoms with Crippen LogP contribution in [0.4, 0.5) is 5.69 Å². The topological polar surface area (TPSA) is 68.5 Å². The Morgan fingerprint density at radius 2 is 1.16 bits per heavy atom. The van der Waals surface area contributed by atoms with Crippen LogP contribution in [0.1, 0.15) is 38.8 Å². The van der Waals surface area contributed by atoms with Crippen molar-refractivity contribution in [2.45, 2.75) is 21.8 Å². The summed E-state index contributed by atoms with van der Waals surface area (Å²) in [5.74, 6) is 1.22. The van der Waals surface area contributed by atoms with Crippen LogP contribution in [0, 0.1) is 6.92 Å².